The minimum absolute atomic E-state index is 0.0396. The van der Waals surface area contributed by atoms with Gasteiger partial charge in [-0.3, -0.25) is 24.6 Å². The maximum absolute atomic E-state index is 12.8. The number of aromatic hydroxyl groups is 1. The Morgan fingerprint density at radius 1 is 1.03 bits per heavy atom. The number of nitrogens with zero attached hydrogens (tertiary/aromatic N) is 4. The molecule has 0 aliphatic carbocycles. The molecule has 9 nitrogen and oxygen atoms in total. The number of rotatable bonds is 6. The molecule has 12 heteroatoms. The number of imide groups is 1. The number of benzene rings is 3. The molecule has 0 saturated carbocycles. The van der Waals surface area contributed by atoms with Crippen molar-refractivity contribution >= 4 is 69.2 Å². The number of thioether (sulfide) groups is 1. The van der Waals surface area contributed by atoms with Crippen LogP contribution in [0.1, 0.15) is 11.1 Å². The number of carbonyl (C=O) groups excluding carboxylic acids is 2. The molecule has 0 unspecified atom stereocenters. The van der Waals surface area contributed by atoms with Crippen molar-refractivity contribution in [2.75, 3.05) is 0 Å². The van der Waals surface area contributed by atoms with Gasteiger partial charge >= 0.3 is 0 Å². The van der Waals surface area contributed by atoms with Crippen molar-refractivity contribution in [3.8, 4) is 5.75 Å². The average Bonchev–Trinajstić information content (AvgIpc) is 3.08. The van der Waals surface area contributed by atoms with Gasteiger partial charge in [-0.05, 0) is 59.8 Å². The SMILES string of the molecule is O=C1S/C(=C\c2cc(N=Nc3ccc(Cl)cc3Cl)ccc2O)C(=O)N1Cc1ccc([N+](=O)[O-])cc1. The Labute approximate surface area is 212 Å². The molecule has 4 rings (SSSR count). The number of hydrogen-bond acceptors (Lipinski definition) is 8. The van der Waals surface area contributed by atoms with Gasteiger partial charge in [0.15, 0.2) is 0 Å². The summed E-state index contributed by atoms with van der Waals surface area (Å²) in [5, 5.41) is 29.5. The second kappa shape index (κ2) is 10.3. The first-order valence-corrected chi connectivity index (χ1v) is 11.5. The smallest absolute Gasteiger partial charge is 0.293 e. The molecule has 3 aromatic rings. The van der Waals surface area contributed by atoms with Crippen LogP contribution in [-0.2, 0) is 11.3 Å². The summed E-state index contributed by atoms with van der Waals surface area (Å²) < 4.78 is 0. The van der Waals surface area contributed by atoms with Crippen LogP contribution in [0.2, 0.25) is 10.0 Å². The fraction of sp³-hybridized carbons (Fsp3) is 0.0435. The topological polar surface area (TPSA) is 125 Å². The zero-order chi connectivity index (χ0) is 25.1. The van der Waals surface area contributed by atoms with Gasteiger partial charge in [-0.1, -0.05) is 35.3 Å². The first-order chi connectivity index (χ1) is 16.7. The Bertz CT molecular complexity index is 1410. The van der Waals surface area contributed by atoms with Gasteiger partial charge in [0.05, 0.1) is 27.1 Å². The number of amides is 2. The molecule has 2 amide bonds. The van der Waals surface area contributed by atoms with E-state index in [1.807, 2.05) is 0 Å². The Balaban J connectivity index is 1.53. The van der Waals surface area contributed by atoms with E-state index < -0.39 is 16.1 Å². The summed E-state index contributed by atoms with van der Waals surface area (Å²) in [6, 6.07) is 14.8. The van der Waals surface area contributed by atoms with Crippen LogP contribution < -0.4 is 0 Å². The van der Waals surface area contributed by atoms with Crippen molar-refractivity contribution in [1.82, 2.24) is 4.90 Å². The van der Waals surface area contributed by atoms with E-state index in [2.05, 4.69) is 10.2 Å². The summed E-state index contributed by atoms with van der Waals surface area (Å²) in [6.07, 6.45) is 1.39. The van der Waals surface area contributed by atoms with Crippen LogP contribution in [-0.4, -0.2) is 26.1 Å². The molecule has 0 atom stereocenters. The fourth-order valence-corrected chi connectivity index (χ4v) is 4.35. The van der Waals surface area contributed by atoms with E-state index in [9.17, 15) is 24.8 Å². The van der Waals surface area contributed by atoms with Crippen LogP contribution in [0, 0.1) is 10.1 Å². The molecule has 1 heterocycles. The fourth-order valence-electron chi connectivity index (χ4n) is 3.08. The lowest BCUT2D eigenvalue weighted by Crippen LogP contribution is -2.27. The third-order valence-electron chi connectivity index (χ3n) is 4.84. The van der Waals surface area contributed by atoms with Crippen molar-refractivity contribution in [2.45, 2.75) is 6.54 Å². The van der Waals surface area contributed by atoms with E-state index in [0.29, 0.717) is 27.0 Å². The van der Waals surface area contributed by atoms with Gasteiger partial charge in [-0.15, -0.1) is 5.11 Å². The van der Waals surface area contributed by atoms with E-state index in [0.717, 1.165) is 16.7 Å². The van der Waals surface area contributed by atoms with Crippen LogP contribution in [0.25, 0.3) is 6.08 Å². The number of phenols is 1. The van der Waals surface area contributed by atoms with E-state index in [1.165, 1.54) is 54.6 Å². The molecule has 1 saturated heterocycles. The highest BCUT2D eigenvalue weighted by Crippen LogP contribution is 2.36. The first-order valence-electron chi connectivity index (χ1n) is 9.90. The number of nitro groups is 1. The standard InChI is InChI=1S/C23H14Cl2N4O5S/c24-15-3-7-19(18(25)11-15)27-26-16-4-8-20(30)14(9-16)10-21-22(31)28(23(32)35-21)12-13-1-5-17(6-2-13)29(33)34/h1-11,30H,12H2/b21-10-,27-26?. The normalized spacial score (nSPS) is 14.9. The second-order valence-corrected chi connectivity index (χ2v) is 9.07. The lowest BCUT2D eigenvalue weighted by molar-refractivity contribution is -0.384. The van der Waals surface area contributed by atoms with Gasteiger partial charge in [0.1, 0.15) is 11.4 Å². The predicted octanol–water partition coefficient (Wildman–Crippen LogP) is 7.26. The summed E-state index contributed by atoms with van der Waals surface area (Å²) in [6.45, 7) is -0.0396. The van der Waals surface area contributed by atoms with E-state index >= 15 is 0 Å². The molecule has 3 aromatic carbocycles. The summed E-state index contributed by atoms with van der Waals surface area (Å²) in [5.41, 5.74) is 1.52. The largest absolute Gasteiger partial charge is 0.507 e. The highest BCUT2D eigenvalue weighted by Gasteiger charge is 2.35. The van der Waals surface area contributed by atoms with E-state index in [-0.39, 0.29) is 28.5 Å². The highest BCUT2D eigenvalue weighted by atomic mass is 35.5. The number of carbonyl (C=O) groups is 2. The van der Waals surface area contributed by atoms with Gasteiger partial charge in [-0.2, -0.15) is 5.11 Å². The van der Waals surface area contributed by atoms with Crippen molar-refractivity contribution in [3.63, 3.8) is 0 Å². The van der Waals surface area contributed by atoms with Crippen LogP contribution in [0.4, 0.5) is 21.9 Å². The molecule has 1 fully saturated rings. The molecule has 0 bridgehead atoms. The molecule has 0 radical (unpaired) electrons. The van der Waals surface area contributed by atoms with E-state index in [1.54, 1.807) is 12.1 Å². The van der Waals surface area contributed by atoms with Gasteiger partial charge in [0.2, 0.25) is 0 Å². The maximum Gasteiger partial charge on any atom is 0.293 e. The maximum atomic E-state index is 12.8. The number of halogens is 2. The zero-order valence-electron chi connectivity index (χ0n) is 17.6. The molecule has 1 aliphatic heterocycles. The Morgan fingerprint density at radius 3 is 2.46 bits per heavy atom. The summed E-state index contributed by atoms with van der Waals surface area (Å²) >= 11 is 12.7. The van der Waals surface area contributed by atoms with Gasteiger partial charge in [0.25, 0.3) is 16.8 Å². The number of non-ortho nitro benzene ring substituents is 1. The van der Waals surface area contributed by atoms with Gasteiger partial charge in [-0.25, -0.2) is 0 Å². The number of phenolic OH excluding ortho intramolecular Hbond substituents is 1. The van der Waals surface area contributed by atoms with Gasteiger partial charge < -0.3 is 5.11 Å². The minimum atomic E-state index is -0.544. The third kappa shape index (κ3) is 5.68. The molecular formula is C23H14Cl2N4O5S. The van der Waals surface area contributed by atoms with Crippen LogP contribution in [0.3, 0.4) is 0 Å². The lowest BCUT2D eigenvalue weighted by atomic mass is 10.1. The van der Waals surface area contributed by atoms with Crippen LogP contribution in [0.15, 0.2) is 75.8 Å². The molecule has 176 valence electrons. The molecule has 35 heavy (non-hydrogen) atoms. The highest BCUT2D eigenvalue weighted by molar-refractivity contribution is 8.18. The average molecular weight is 529 g/mol. The van der Waals surface area contributed by atoms with Crippen molar-refractivity contribution in [1.29, 1.82) is 0 Å². The molecule has 1 N–H and O–H groups in total. The van der Waals surface area contributed by atoms with Gasteiger partial charge in [0, 0.05) is 22.7 Å². The van der Waals surface area contributed by atoms with Crippen molar-refractivity contribution in [2.24, 2.45) is 10.2 Å². The Hall–Kier alpha value is -3.73. The molecular weight excluding hydrogens is 515 g/mol. The Morgan fingerprint density at radius 2 is 1.77 bits per heavy atom. The molecule has 1 aliphatic rings. The minimum Gasteiger partial charge on any atom is -0.507 e. The number of azo groups is 1. The molecule has 0 spiro atoms. The monoisotopic (exact) mass is 528 g/mol. The zero-order valence-corrected chi connectivity index (χ0v) is 19.9. The van der Waals surface area contributed by atoms with Crippen molar-refractivity contribution < 1.29 is 19.6 Å². The first kappa shape index (κ1) is 24.4. The molecule has 0 aromatic heterocycles. The lowest BCUT2D eigenvalue weighted by Gasteiger charge is -2.12. The summed E-state index contributed by atoms with van der Waals surface area (Å²) in [5.74, 6) is -0.659. The Kier molecular flexibility index (Phi) is 7.15. The quantitative estimate of drug-likeness (QED) is 0.155. The second-order valence-electron chi connectivity index (χ2n) is 7.23. The number of nitro benzene ring substituents is 1. The summed E-state index contributed by atoms with van der Waals surface area (Å²) in [4.78, 5) is 36.7. The van der Waals surface area contributed by atoms with Crippen molar-refractivity contribution in [3.05, 3.63) is 96.9 Å². The number of hydrogen-bond donors (Lipinski definition) is 1. The summed E-state index contributed by atoms with van der Waals surface area (Å²) in [7, 11) is 0. The third-order valence-corrected chi connectivity index (χ3v) is 6.29. The van der Waals surface area contributed by atoms with E-state index in [4.69, 9.17) is 23.2 Å². The predicted molar refractivity (Wildman–Crippen MR) is 133 cm³/mol. The van der Waals surface area contributed by atoms with Crippen LogP contribution >= 0.6 is 35.0 Å². The van der Waals surface area contributed by atoms with Crippen LogP contribution in [0.5, 0.6) is 5.75 Å².